The fourth-order valence-electron chi connectivity index (χ4n) is 2.85. The molecule has 2 nitrogen and oxygen atoms in total. The molecular weight excluding hydrogens is 234 g/mol. The van der Waals surface area contributed by atoms with Gasteiger partial charge in [0.2, 0.25) is 0 Å². The molecule has 1 aliphatic rings. The molecule has 19 heavy (non-hydrogen) atoms. The van der Waals surface area contributed by atoms with Gasteiger partial charge in [-0.25, -0.2) is 0 Å². The Kier molecular flexibility index (Phi) is 3.91. The van der Waals surface area contributed by atoms with E-state index in [2.05, 4.69) is 64.6 Å². The Labute approximate surface area is 117 Å². The Hall–Kier alpha value is -1.02. The first-order chi connectivity index (χ1) is 8.77. The first-order valence-electron chi connectivity index (χ1n) is 7.29. The van der Waals surface area contributed by atoms with Crippen LogP contribution in [-0.4, -0.2) is 25.3 Å². The van der Waals surface area contributed by atoms with Crippen molar-refractivity contribution in [3.05, 3.63) is 29.3 Å². The van der Waals surface area contributed by atoms with Crippen LogP contribution in [0.2, 0.25) is 0 Å². The second-order valence-electron chi connectivity index (χ2n) is 6.91. The van der Waals surface area contributed by atoms with E-state index in [1.54, 1.807) is 0 Å². The lowest BCUT2D eigenvalue weighted by atomic mass is 9.86. The summed E-state index contributed by atoms with van der Waals surface area (Å²) in [5.74, 6) is 0. The Morgan fingerprint density at radius 1 is 1.11 bits per heavy atom. The molecular formula is C17H27NO. The number of aryl methyl sites for hydroxylation is 1. The van der Waals surface area contributed by atoms with Crippen LogP contribution in [0.5, 0.6) is 0 Å². The lowest BCUT2D eigenvalue weighted by Gasteiger charge is -2.38. The molecule has 0 amide bonds. The van der Waals surface area contributed by atoms with E-state index in [1.165, 1.54) is 16.8 Å². The van der Waals surface area contributed by atoms with Crippen LogP contribution < -0.4 is 4.90 Å². The first kappa shape index (κ1) is 14.4. The number of benzene rings is 1. The number of ether oxygens (including phenoxy) is 1. The van der Waals surface area contributed by atoms with Gasteiger partial charge in [0.25, 0.3) is 0 Å². The molecule has 0 aromatic heterocycles. The third-order valence-electron chi connectivity index (χ3n) is 3.82. The number of nitrogens with zero attached hydrogens (tertiary/aromatic N) is 1. The molecule has 0 unspecified atom stereocenters. The number of hydrogen-bond donors (Lipinski definition) is 0. The zero-order valence-corrected chi connectivity index (χ0v) is 13.2. The van der Waals surface area contributed by atoms with E-state index in [-0.39, 0.29) is 5.41 Å². The van der Waals surface area contributed by atoms with E-state index >= 15 is 0 Å². The highest BCUT2D eigenvalue weighted by Crippen LogP contribution is 2.29. The summed E-state index contributed by atoms with van der Waals surface area (Å²) in [6, 6.07) is 6.88. The van der Waals surface area contributed by atoms with Crippen LogP contribution in [0.25, 0.3) is 0 Å². The topological polar surface area (TPSA) is 12.5 Å². The van der Waals surface area contributed by atoms with Crippen molar-refractivity contribution in [1.82, 2.24) is 0 Å². The monoisotopic (exact) mass is 261 g/mol. The molecule has 106 valence electrons. The zero-order chi connectivity index (χ0) is 14.2. The van der Waals surface area contributed by atoms with Crippen LogP contribution in [0.3, 0.4) is 0 Å². The zero-order valence-electron chi connectivity index (χ0n) is 13.2. The van der Waals surface area contributed by atoms with Crippen molar-refractivity contribution in [3.63, 3.8) is 0 Å². The lowest BCUT2D eigenvalue weighted by Crippen LogP contribution is -2.45. The molecule has 0 aliphatic carbocycles. The molecule has 1 aromatic rings. The van der Waals surface area contributed by atoms with Crippen molar-refractivity contribution >= 4 is 5.69 Å². The average Bonchev–Trinajstić information content (AvgIpc) is 2.26. The third kappa shape index (κ3) is 3.30. The fraction of sp³-hybridized carbons (Fsp3) is 0.647. The second-order valence-corrected chi connectivity index (χ2v) is 6.91. The molecule has 1 saturated heterocycles. The molecule has 0 spiro atoms. The van der Waals surface area contributed by atoms with Crippen LogP contribution in [-0.2, 0) is 10.2 Å². The maximum absolute atomic E-state index is 5.81. The van der Waals surface area contributed by atoms with Gasteiger partial charge < -0.3 is 9.64 Å². The maximum atomic E-state index is 5.81. The van der Waals surface area contributed by atoms with Gasteiger partial charge in [-0.15, -0.1) is 0 Å². The quantitative estimate of drug-likeness (QED) is 0.760. The van der Waals surface area contributed by atoms with Gasteiger partial charge in [-0.05, 0) is 43.4 Å². The van der Waals surface area contributed by atoms with Gasteiger partial charge in [0, 0.05) is 18.8 Å². The van der Waals surface area contributed by atoms with Gasteiger partial charge in [-0.3, -0.25) is 0 Å². The van der Waals surface area contributed by atoms with Crippen LogP contribution in [0.4, 0.5) is 5.69 Å². The van der Waals surface area contributed by atoms with Gasteiger partial charge in [0.1, 0.15) is 0 Å². The van der Waals surface area contributed by atoms with Crippen LogP contribution in [0.15, 0.2) is 18.2 Å². The van der Waals surface area contributed by atoms with Crippen molar-refractivity contribution in [2.75, 3.05) is 18.0 Å². The normalized spacial score (nSPS) is 24.6. The summed E-state index contributed by atoms with van der Waals surface area (Å²) in [6.07, 6.45) is 0.621. The molecule has 0 N–H and O–H groups in total. The minimum atomic E-state index is 0.217. The fourth-order valence-corrected chi connectivity index (χ4v) is 2.85. The molecule has 1 heterocycles. The van der Waals surface area contributed by atoms with E-state index in [0.717, 1.165) is 13.1 Å². The summed E-state index contributed by atoms with van der Waals surface area (Å²) in [5.41, 5.74) is 4.35. The Balaban J connectivity index is 2.26. The Morgan fingerprint density at radius 3 is 2.16 bits per heavy atom. The molecule has 2 heteroatoms. The van der Waals surface area contributed by atoms with E-state index in [0.29, 0.717) is 12.2 Å². The highest BCUT2D eigenvalue weighted by Gasteiger charge is 2.24. The molecule has 1 aliphatic heterocycles. The first-order valence-corrected chi connectivity index (χ1v) is 7.29. The minimum Gasteiger partial charge on any atom is -0.372 e. The van der Waals surface area contributed by atoms with Gasteiger partial charge >= 0.3 is 0 Å². The Morgan fingerprint density at radius 2 is 1.68 bits per heavy atom. The van der Waals surface area contributed by atoms with E-state index in [1.807, 2.05) is 0 Å². The number of rotatable bonds is 1. The molecule has 0 saturated carbocycles. The maximum Gasteiger partial charge on any atom is 0.0726 e. The molecule has 2 rings (SSSR count). The van der Waals surface area contributed by atoms with Crippen molar-refractivity contribution in [1.29, 1.82) is 0 Å². The number of anilines is 1. The predicted molar refractivity (Wildman–Crippen MR) is 82.1 cm³/mol. The minimum absolute atomic E-state index is 0.217. The summed E-state index contributed by atoms with van der Waals surface area (Å²) in [5, 5.41) is 0. The molecule has 0 radical (unpaired) electrons. The summed E-state index contributed by atoms with van der Waals surface area (Å²) in [6.45, 7) is 15.3. The summed E-state index contributed by atoms with van der Waals surface area (Å²) in [7, 11) is 0. The van der Waals surface area contributed by atoms with Gasteiger partial charge in [0.15, 0.2) is 0 Å². The summed E-state index contributed by atoms with van der Waals surface area (Å²) < 4.78 is 5.81. The largest absolute Gasteiger partial charge is 0.372 e. The summed E-state index contributed by atoms with van der Waals surface area (Å²) in [4.78, 5) is 2.46. The average molecular weight is 261 g/mol. The number of morpholine rings is 1. The van der Waals surface area contributed by atoms with E-state index in [4.69, 9.17) is 4.74 Å². The highest BCUT2D eigenvalue weighted by molar-refractivity contribution is 5.55. The molecule has 0 bridgehead atoms. The molecule has 1 aromatic carbocycles. The van der Waals surface area contributed by atoms with Gasteiger partial charge in [-0.2, -0.15) is 0 Å². The summed E-state index contributed by atoms with van der Waals surface area (Å²) >= 11 is 0. The van der Waals surface area contributed by atoms with E-state index in [9.17, 15) is 0 Å². The van der Waals surface area contributed by atoms with E-state index < -0.39 is 0 Å². The van der Waals surface area contributed by atoms with Crippen molar-refractivity contribution < 1.29 is 4.74 Å². The van der Waals surface area contributed by atoms with Crippen LogP contribution >= 0.6 is 0 Å². The van der Waals surface area contributed by atoms with Gasteiger partial charge in [-0.1, -0.05) is 32.9 Å². The number of hydrogen-bond acceptors (Lipinski definition) is 2. The van der Waals surface area contributed by atoms with Crippen molar-refractivity contribution in [2.24, 2.45) is 0 Å². The van der Waals surface area contributed by atoms with Crippen molar-refractivity contribution in [3.8, 4) is 0 Å². The SMILES string of the molecule is Cc1cc(C(C)(C)C)ccc1N1C[C@@H](C)O[C@@H](C)C1. The standard InChI is InChI=1S/C17H27NO/c1-12-9-15(17(4,5)6)7-8-16(12)18-10-13(2)19-14(3)11-18/h7-9,13-14H,10-11H2,1-6H3/t13-,14+. The predicted octanol–water partition coefficient (Wildman–Crippen LogP) is 3.91. The smallest absolute Gasteiger partial charge is 0.0726 e. The third-order valence-corrected chi connectivity index (χ3v) is 3.82. The van der Waals surface area contributed by atoms with Gasteiger partial charge in [0.05, 0.1) is 12.2 Å². The Bertz CT molecular complexity index is 437. The molecule has 1 fully saturated rings. The molecule has 2 atom stereocenters. The van der Waals surface area contributed by atoms with Crippen molar-refractivity contribution in [2.45, 2.75) is 59.2 Å². The van der Waals surface area contributed by atoms with Crippen LogP contribution in [0.1, 0.15) is 45.7 Å². The highest BCUT2D eigenvalue weighted by atomic mass is 16.5. The van der Waals surface area contributed by atoms with Crippen LogP contribution in [0, 0.1) is 6.92 Å². The lowest BCUT2D eigenvalue weighted by molar-refractivity contribution is -0.00524. The second kappa shape index (κ2) is 5.16.